The van der Waals surface area contributed by atoms with Crippen molar-refractivity contribution in [1.82, 2.24) is 35.1 Å². The fraction of sp³-hybridized carbons (Fsp3) is 0.0455. The first-order chi connectivity index (χ1) is 14.8. The van der Waals surface area contributed by atoms with Gasteiger partial charge >= 0.3 is 0 Å². The van der Waals surface area contributed by atoms with Gasteiger partial charge in [0.25, 0.3) is 0 Å². The number of H-pyrrole nitrogens is 2. The second-order valence-corrected chi connectivity index (χ2v) is 7.04. The Kier molecular flexibility index (Phi) is 3.51. The Morgan fingerprint density at radius 2 is 1.80 bits per heavy atom. The molecule has 0 aliphatic heterocycles. The largest absolute Gasteiger partial charge is 0.472 e. The van der Waals surface area contributed by atoms with E-state index in [1.54, 1.807) is 31.1 Å². The van der Waals surface area contributed by atoms with Crippen LogP contribution in [0.2, 0.25) is 0 Å². The Bertz CT molecular complexity index is 1510. The summed E-state index contributed by atoms with van der Waals surface area (Å²) in [6.07, 6.45) is 10.5. The molecule has 0 aromatic carbocycles. The average molecular weight is 393 g/mol. The van der Waals surface area contributed by atoms with Gasteiger partial charge in [-0.05, 0) is 36.8 Å². The number of aryl methyl sites for hydroxylation is 1. The molecular formula is C22H15N7O. The van der Waals surface area contributed by atoms with Gasteiger partial charge in [-0.2, -0.15) is 5.10 Å². The smallest absolute Gasteiger partial charge is 0.161 e. The van der Waals surface area contributed by atoms with Crippen LogP contribution in [0.5, 0.6) is 0 Å². The lowest BCUT2D eigenvalue weighted by atomic mass is 10.1. The summed E-state index contributed by atoms with van der Waals surface area (Å²) in [4.78, 5) is 21.6. The minimum atomic E-state index is 0.626. The summed E-state index contributed by atoms with van der Waals surface area (Å²) < 4.78 is 5.22. The van der Waals surface area contributed by atoms with Gasteiger partial charge in [-0.3, -0.25) is 15.1 Å². The highest BCUT2D eigenvalue weighted by Gasteiger charge is 2.17. The molecule has 8 heteroatoms. The van der Waals surface area contributed by atoms with Crippen molar-refractivity contribution < 1.29 is 4.42 Å². The summed E-state index contributed by atoms with van der Waals surface area (Å²) in [5.74, 6) is 0.626. The number of rotatable bonds is 3. The highest BCUT2D eigenvalue weighted by atomic mass is 16.3. The van der Waals surface area contributed by atoms with Crippen molar-refractivity contribution in [1.29, 1.82) is 0 Å². The molecule has 30 heavy (non-hydrogen) atoms. The number of imidazole rings is 1. The number of furan rings is 1. The number of fused-ring (bicyclic) bond motifs is 2. The number of nitrogens with one attached hydrogen (secondary N) is 2. The van der Waals surface area contributed by atoms with E-state index in [-0.39, 0.29) is 0 Å². The lowest BCUT2D eigenvalue weighted by Crippen LogP contribution is -1.90. The lowest BCUT2D eigenvalue weighted by Gasteiger charge is -2.04. The molecule has 0 bridgehead atoms. The Morgan fingerprint density at radius 1 is 0.867 bits per heavy atom. The van der Waals surface area contributed by atoms with Crippen molar-refractivity contribution in [3.8, 4) is 33.9 Å². The Morgan fingerprint density at radius 3 is 2.67 bits per heavy atom. The van der Waals surface area contributed by atoms with Gasteiger partial charge in [0.2, 0.25) is 0 Å². The molecule has 2 N–H and O–H groups in total. The summed E-state index contributed by atoms with van der Waals surface area (Å²) in [5.41, 5.74) is 8.61. The summed E-state index contributed by atoms with van der Waals surface area (Å²) in [5, 5.41) is 7.52. The van der Waals surface area contributed by atoms with Crippen LogP contribution in [0.1, 0.15) is 5.56 Å². The average Bonchev–Trinajstić information content (AvgIpc) is 3.51. The number of pyridine rings is 3. The van der Waals surface area contributed by atoms with Crippen LogP contribution in [-0.4, -0.2) is 35.1 Å². The summed E-state index contributed by atoms with van der Waals surface area (Å²) in [6.45, 7) is 2.04. The summed E-state index contributed by atoms with van der Waals surface area (Å²) in [7, 11) is 0. The van der Waals surface area contributed by atoms with Gasteiger partial charge < -0.3 is 9.40 Å². The maximum Gasteiger partial charge on any atom is 0.161 e. The second-order valence-electron chi connectivity index (χ2n) is 7.04. The molecule has 0 amide bonds. The van der Waals surface area contributed by atoms with Crippen LogP contribution in [0.25, 0.3) is 56.0 Å². The number of aromatic amines is 2. The van der Waals surface area contributed by atoms with Crippen LogP contribution in [0, 0.1) is 6.92 Å². The van der Waals surface area contributed by atoms with Crippen molar-refractivity contribution in [2.45, 2.75) is 6.92 Å². The van der Waals surface area contributed by atoms with E-state index < -0.39 is 0 Å². The SMILES string of the molecule is Cc1ccncc1-c1ccc2[nH]nc(-c3nc4c(-c5ccoc5)cncc4[nH]3)c2n1. The predicted octanol–water partition coefficient (Wildman–Crippen LogP) is 4.53. The van der Waals surface area contributed by atoms with E-state index in [9.17, 15) is 0 Å². The number of hydrogen-bond acceptors (Lipinski definition) is 6. The fourth-order valence-electron chi connectivity index (χ4n) is 3.62. The van der Waals surface area contributed by atoms with Crippen LogP contribution in [0.15, 0.2) is 66.0 Å². The number of aromatic nitrogens is 7. The lowest BCUT2D eigenvalue weighted by molar-refractivity contribution is 0.568. The zero-order valence-electron chi connectivity index (χ0n) is 15.9. The maximum atomic E-state index is 5.22. The van der Waals surface area contributed by atoms with E-state index in [2.05, 4.69) is 25.1 Å². The third-order valence-electron chi connectivity index (χ3n) is 5.17. The van der Waals surface area contributed by atoms with Gasteiger partial charge in [-0.15, -0.1) is 0 Å². The maximum absolute atomic E-state index is 5.22. The van der Waals surface area contributed by atoms with Gasteiger partial charge in [0.15, 0.2) is 11.5 Å². The van der Waals surface area contributed by atoms with Crippen molar-refractivity contribution in [2.75, 3.05) is 0 Å². The van der Waals surface area contributed by atoms with E-state index in [1.807, 2.05) is 37.4 Å². The zero-order valence-corrected chi connectivity index (χ0v) is 15.9. The standard InChI is InChI=1S/C22H15N7O/c1-12-4-6-23-8-14(12)16-2-3-17-20(25-16)21(29-28-17)22-26-18-10-24-9-15(19(18)27-22)13-5-7-30-11-13/h2-11H,1H3,(H,26,27)(H,28,29). The molecule has 0 radical (unpaired) electrons. The second kappa shape index (κ2) is 6.35. The molecule has 6 aromatic heterocycles. The first-order valence-electron chi connectivity index (χ1n) is 9.41. The monoisotopic (exact) mass is 393 g/mol. The molecule has 0 atom stereocenters. The van der Waals surface area contributed by atoms with E-state index >= 15 is 0 Å². The van der Waals surface area contributed by atoms with Crippen molar-refractivity contribution >= 4 is 22.1 Å². The van der Waals surface area contributed by atoms with Crippen molar-refractivity contribution in [2.24, 2.45) is 0 Å². The van der Waals surface area contributed by atoms with Crippen molar-refractivity contribution in [3.63, 3.8) is 0 Å². The molecule has 0 unspecified atom stereocenters. The van der Waals surface area contributed by atoms with Gasteiger partial charge in [0.1, 0.15) is 11.0 Å². The molecule has 6 aromatic rings. The molecule has 0 fully saturated rings. The van der Waals surface area contributed by atoms with Crippen LogP contribution in [0.3, 0.4) is 0 Å². The zero-order chi connectivity index (χ0) is 20.1. The van der Waals surface area contributed by atoms with E-state index in [0.717, 1.165) is 50.0 Å². The molecule has 0 spiro atoms. The first kappa shape index (κ1) is 16.6. The third kappa shape index (κ3) is 2.51. The predicted molar refractivity (Wildman–Crippen MR) is 112 cm³/mol. The minimum Gasteiger partial charge on any atom is -0.472 e. The minimum absolute atomic E-state index is 0.626. The number of nitrogens with zero attached hydrogens (tertiary/aromatic N) is 5. The molecular weight excluding hydrogens is 378 g/mol. The third-order valence-corrected chi connectivity index (χ3v) is 5.17. The van der Waals surface area contributed by atoms with Crippen LogP contribution >= 0.6 is 0 Å². The van der Waals surface area contributed by atoms with Gasteiger partial charge in [0, 0.05) is 35.3 Å². The van der Waals surface area contributed by atoms with E-state index in [0.29, 0.717) is 11.5 Å². The molecule has 8 nitrogen and oxygen atoms in total. The molecule has 0 aliphatic carbocycles. The van der Waals surface area contributed by atoms with E-state index in [1.165, 1.54) is 0 Å². The Balaban J connectivity index is 1.53. The first-order valence-corrected chi connectivity index (χ1v) is 9.41. The molecule has 0 aliphatic rings. The van der Waals surface area contributed by atoms with E-state index in [4.69, 9.17) is 14.4 Å². The fourth-order valence-corrected chi connectivity index (χ4v) is 3.62. The number of hydrogen-bond donors (Lipinski definition) is 2. The Labute approximate surface area is 170 Å². The van der Waals surface area contributed by atoms with Gasteiger partial charge in [0.05, 0.1) is 35.5 Å². The quantitative estimate of drug-likeness (QED) is 0.457. The molecule has 0 saturated heterocycles. The normalized spacial score (nSPS) is 11.5. The molecule has 6 rings (SSSR count). The molecule has 6 heterocycles. The van der Waals surface area contributed by atoms with Crippen molar-refractivity contribution in [3.05, 3.63) is 67.1 Å². The van der Waals surface area contributed by atoms with Gasteiger partial charge in [-0.1, -0.05) is 0 Å². The van der Waals surface area contributed by atoms with Crippen LogP contribution in [0.4, 0.5) is 0 Å². The summed E-state index contributed by atoms with van der Waals surface area (Å²) >= 11 is 0. The summed E-state index contributed by atoms with van der Waals surface area (Å²) in [6, 6.07) is 7.80. The van der Waals surface area contributed by atoms with Gasteiger partial charge in [-0.25, -0.2) is 9.97 Å². The molecule has 0 saturated carbocycles. The highest BCUT2D eigenvalue weighted by molar-refractivity contribution is 5.95. The van der Waals surface area contributed by atoms with Crippen LogP contribution < -0.4 is 0 Å². The van der Waals surface area contributed by atoms with Crippen LogP contribution in [-0.2, 0) is 0 Å². The topological polar surface area (TPSA) is 109 Å². The molecule has 144 valence electrons. The Hall–Kier alpha value is -4.33. The highest BCUT2D eigenvalue weighted by Crippen LogP contribution is 2.31.